The van der Waals surface area contributed by atoms with Gasteiger partial charge in [-0.15, -0.1) is 0 Å². The second-order valence-electron chi connectivity index (χ2n) is 2.32. The number of hydrogen-bond acceptors (Lipinski definition) is 2. The number of unbranched alkanes of at least 4 members (excludes halogenated alkanes) is 1. The zero-order valence-electron chi connectivity index (χ0n) is 6.55. The number of nitrogens with one attached hydrogen (secondary N) is 1. The molecule has 0 saturated heterocycles. The van der Waals surface area contributed by atoms with Gasteiger partial charge in [0.25, 0.3) is 0 Å². The average molecular weight is 145 g/mol. The zero-order valence-corrected chi connectivity index (χ0v) is 6.55. The van der Waals surface area contributed by atoms with Gasteiger partial charge in [0.2, 0.25) is 5.91 Å². The van der Waals surface area contributed by atoms with Gasteiger partial charge >= 0.3 is 0 Å². The van der Waals surface area contributed by atoms with Gasteiger partial charge in [-0.3, -0.25) is 4.79 Å². The quantitative estimate of drug-likeness (QED) is 0.558. The summed E-state index contributed by atoms with van der Waals surface area (Å²) in [4.78, 5) is 10.7. The van der Waals surface area contributed by atoms with Gasteiger partial charge in [-0.25, -0.2) is 0 Å². The maximum atomic E-state index is 10.7. The molecule has 0 aliphatic rings. The first-order valence-electron chi connectivity index (χ1n) is 3.64. The summed E-state index contributed by atoms with van der Waals surface area (Å²) in [5, 5.41) is 11.3. The first-order valence-corrected chi connectivity index (χ1v) is 3.64. The van der Waals surface area contributed by atoms with Gasteiger partial charge in [0, 0.05) is 6.54 Å². The van der Waals surface area contributed by atoms with Gasteiger partial charge in [0.15, 0.2) is 0 Å². The lowest BCUT2D eigenvalue weighted by molar-refractivity contribution is -0.128. The highest BCUT2D eigenvalue weighted by molar-refractivity contribution is 5.79. The van der Waals surface area contributed by atoms with Crippen molar-refractivity contribution < 1.29 is 9.90 Å². The van der Waals surface area contributed by atoms with E-state index in [4.69, 9.17) is 5.11 Å². The highest BCUT2D eigenvalue weighted by Crippen LogP contribution is 1.84. The van der Waals surface area contributed by atoms with Crippen LogP contribution in [0.1, 0.15) is 26.7 Å². The molecule has 0 rings (SSSR count). The van der Waals surface area contributed by atoms with E-state index >= 15 is 0 Å². The van der Waals surface area contributed by atoms with Crippen molar-refractivity contribution in [3.8, 4) is 0 Å². The minimum atomic E-state index is -0.878. The molecule has 0 aromatic heterocycles. The molecule has 0 aromatic rings. The summed E-state index contributed by atoms with van der Waals surface area (Å²) in [5.74, 6) is -0.284. The molecule has 1 atom stereocenters. The number of carbonyl (C=O) groups excluding carboxylic acids is 1. The van der Waals surface area contributed by atoms with Gasteiger partial charge in [-0.1, -0.05) is 13.3 Å². The number of amides is 1. The maximum Gasteiger partial charge on any atom is 0.248 e. The Balaban J connectivity index is 3.22. The molecule has 0 radical (unpaired) electrons. The summed E-state index contributed by atoms with van der Waals surface area (Å²) in [5.41, 5.74) is 0. The van der Waals surface area contributed by atoms with Crippen molar-refractivity contribution in [1.82, 2.24) is 5.32 Å². The summed E-state index contributed by atoms with van der Waals surface area (Å²) in [7, 11) is 0. The van der Waals surface area contributed by atoms with E-state index in [1.54, 1.807) is 0 Å². The van der Waals surface area contributed by atoms with E-state index in [2.05, 4.69) is 12.2 Å². The van der Waals surface area contributed by atoms with Crippen molar-refractivity contribution >= 4 is 5.91 Å². The fraction of sp³-hybridized carbons (Fsp3) is 0.857. The summed E-state index contributed by atoms with van der Waals surface area (Å²) >= 11 is 0. The number of carbonyl (C=O) groups is 1. The predicted molar refractivity (Wildman–Crippen MR) is 39.6 cm³/mol. The molecule has 2 N–H and O–H groups in total. The van der Waals surface area contributed by atoms with Crippen molar-refractivity contribution in [2.45, 2.75) is 32.8 Å². The third kappa shape index (κ3) is 4.32. The third-order valence-electron chi connectivity index (χ3n) is 1.21. The Morgan fingerprint density at radius 1 is 1.70 bits per heavy atom. The Hall–Kier alpha value is -0.570. The molecule has 1 amide bonds. The molecule has 0 aliphatic heterocycles. The van der Waals surface area contributed by atoms with Gasteiger partial charge in [0.05, 0.1) is 0 Å². The molecule has 0 aliphatic carbocycles. The van der Waals surface area contributed by atoms with E-state index < -0.39 is 6.10 Å². The third-order valence-corrected chi connectivity index (χ3v) is 1.21. The number of aliphatic hydroxyl groups excluding tert-OH is 1. The van der Waals surface area contributed by atoms with Crippen LogP contribution >= 0.6 is 0 Å². The number of rotatable bonds is 4. The molecule has 0 heterocycles. The Kier molecular flexibility index (Phi) is 4.94. The van der Waals surface area contributed by atoms with Crippen LogP contribution in [-0.4, -0.2) is 23.7 Å². The second kappa shape index (κ2) is 5.23. The smallest absolute Gasteiger partial charge is 0.248 e. The lowest BCUT2D eigenvalue weighted by atomic mass is 10.3. The van der Waals surface area contributed by atoms with Crippen LogP contribution in [0.2, 0.25) is 0 Å². The van der Waals surface area contributed by atoms with Crippen LogP contribution in [0.3, 0.4) is 0 Å². The lowest BCUT2D eigenvalue weighted by Gasteiger charge is -2.04. The van der Waals surface area contributed by atoms with E-state index in [0.29, 0.717) is 6.54 Å². The topological polar surface area (TPSA) is 49.3 Å². The Morgan fingerprint density at radius 2 is 2.30 bits per heavy atom. The highest BCUT2D eigenvalue weighted by Gasteiger charge is 2.05. The molecule has 3 nitrogen and oxygen atoms in total. The summed E-state index contributed by atoms with van der Waals surface area (Å²) in [6.45, 7) is 4.18. The molecule has 0 saturated carbocycles. The highest BCUT2D eigenvalue weighted by atomic mass is 16.3. The largest absolute Gasteiger partial charge is 0.384 e. The normalized spacial score (nSPS) is 12.7. The van der Waals surface area contributed by atoms with Gasteiger partial charge in [-0.2, -0.15) is 0 Å². The predicted octanol–water partition coefficient (Wildman–Crippen LogP) is 0.283. The minimum Gasteiger partial charge on any atom is -0.384 e. The fourth-order valence-corrected chi connectivity index (χ4v) is 0.536. The Bertz CT molecular complexity index is 102. The summed E-state index contributed by atoms with van der Waals surface area (Å²) in [6, 6.07) is 0. The molecule has 0 fully saturated rings. The van der Waals surface area contributed by atoms with E-state index in [1.165, 1.54) is 6.92 Å². The molecule has 1 unspecified atom stereocenters. The van der Waals surface area contributed by atoms with Crippen LogP contribution in [0, 0.1) is 0 Å². The van der Waals surface area contributed by atoms with Crippen LogP contribution in [0.15, 0.2) is 0 Å². The van der Waals surface area contributed by atoms with Crippen molar-refractivity contribution in [2.75, 3.05) is 6.54 Å². The van der Waals surface area contributed by atoms with Gasteiger partial charge in [0.1, 0.15) is 6.10 Å². The SMILES string of the molecule is CCCCNC(=O)C(C)O. The molecule has 0 bridgehead atoms. The molecule has 0 aromatic carbocycles. The van der Waals surface area contributed by atoms with Crippen molar-refractivity contribution in [1.29, 1.82) is 0 Å². The second-order valence-corrected chi connectivity index (χ2v) is 2.32. The first-order chi connectivity index (χ1) is 4.68. The molecule has 60 valence electrons. The lowest BCUT2D eigenvalue weighted by Crippen LogP contribution is -2.32. The minimum absolute atomic E-state index is 0.284. The van der Waals surface area contributed by atoms with Gasteiger partial charge in [-0.05, 0) is 13.3 Å². The summed E-state index contributed by atoms with van der Waals surface area (Å²) < 4.78 is 0. The maximum absolute atomic E-state index is 10.7. The van der Waals surface area contributed by atoms with Crippen molar-refractivity contribution in [3.63, 3.8) is 0 Å². The van der Waals surface area contributed by atoms with Crippen LogP contribution in [0.4, 0.5) is 0 Å². The Morgan fingerprint density at radius 3 is 2.70 bits per heavy atom. The average Bonchev–Trinajstić information content (AvgIpc) is 1.88. The number of aliphatic hydroxyl groups is 1. The van der Waals surface area contributed by atoms with E-state index in [1.807, 2.05) is 0 Å². The standard InChI is InChI=1S/C7H15NO2/c1-3-4-5-8-7(10)6(2)9/h6,9H,3-5H2,1-2H3,(H,8,10). The summed E-state index contributed by atoms with van der Waals surface area (Å²) in [6.07, 6.45) is 1.15. The van der Waals surface area contributed by atoms with Crippen LogP contribution in [-0.2, 0) is 4.79 Å². The molecule has 10 heavy (non-hydrogen) atoms. The van der Waals surface area contributed by atoms with Crippen LogP contribution < -0.4 is 5.32 Å². The van der Waals surface area contributed by atoms with Gasteiger partial charge < -0.3 is 10.4 Å². The molecular weight excluding hydrogens is 130 g/mol. The molecular formula is C7H15NO2. The van der Waals surface area contributed by atoms with E-state index in [-0.39, 0.29) is 5.91 Å². The van der Waals surface area contributed by atoms with Crippen LogP contribution in [0.5, 0.6) is 0 Å². The first kappa shape index (κ1) is 9.43. The zero-order chi connectivity index (χ0) is 7.98. The van der Waals surface area contributed by atoms with Crippen molar-refractivity contribution in [2.24, 2.45) is 0 Å². The Labute approximate surface area is 61.4 Å². The number of hydrogen-bond donors (Lipinski definition) is 2. The van der Waals surface area contributed by atoms with E-state index in [0.717, 1.165) is 12.8 Å². The van der Waals surface area contributed by atoms with Crippen LogP contribution in [0.25, 0.3) is 0 Å². The fourth-order valence-electron chi connectivity index (χ4n) is 0.536. The van der Waals surface area contributed by atoms with E-state index in [9.17, 15) is 4.79 Å². The van der Waals surface area contributed by atoms with Crippen molar-refractivity contribution in [3.05, 3.63) is 0 Å². The molecule has 3 heteroatoms. The monoisotopic (exact) mass is 145 g/mol. The molecule has 0 spiro atoms.